The fourth-order valence-electron chi connectivity index (χ4n) is 2.14. The van der Waals surface area contributed by atoms with Crippen molar-refractivity contribution in [3.8, 4) is 17.2 Å². The van der Waals surface area contributed by atoms with Crippen molar-refractivity contribution in [1.29, 1.82) is 0 Å². The lowest BCUT2D eigenvalue weighted by Crippen LogP contribution is -2.15. The van der Waals surface area contributed by atoms with Crippen LogP contribution in [0.3, 0.4) is 0 Å². The van der Waals surface area contributed by atoms with Gasteiger partial charge in [-0.1, -0.05) is 15.9 Å². The van der Waals surface area contributed by atoms with Crippen LogP contribution in [-0.2, 0) is 9.53 Å². The number of nitrogens with zero attached hydrogens (tertiary/aromatic N) is 1. The highest BCUT2D eigenvalue weighted by Gasteiger charge is 2.14. The number of hydrogen-bond acceptors (Lipinski definition) is 6. The molecule has 26 heavy (non-hydrogen) atoms. The number of esters is 1. The molecule has 2 aromatic rings. The number of aliphatic imine (C=N–C) groups is 1. The average molecular weight is 422 g/mol. The van der Waals surface area contributed by atoms with Crippen LogP contribution < -0.4 is 14.2 Å². The maximum Gasteiger partial charge on any atom is 0.344 e. The predicted molar refractivity (Wildman–Crippen MR) is 103 cm³/mol. The molecule has 2 rings (SSSR count). The molecule has 0 aromatic heterocycles. The molecule has 0 aliphatic rings. The smallest absolute Gasteiger partial charge is 0.344 e. The van der Waals surface area contributed by atoms with Gasteiger partial charge in [-0.3, -0.25) is 4.99 Å². The number of ether oxygens (including phenoxy) is 4. The van der Waals surface area contributed by atoms with Crippen LogP contribution in [0.1, 0.15) is 12.5 Å². The van der Waals surface area contributed by atoms with Crippen molar-refractivity contribution in [3.05, 3.63) is 46.4 Å². The molecule has 0 N–H and O–H groups in total. The van der Waals surface area contributed by atoms with E-state index in [1.165, 1.54) is 7.11 Å². The fourth-order valence-corrected chi connectivity index (χ4v) is 2.59. The molecule has 0 saturated carbocycles. The van der Waals surface area contributed by atoms with Gasteiger partial charge in [-0.2, -0.15) is 0 Å². The Morgan fingerprint density at radius 2 is 1.88 bits per heavy atom. The fraction of sp³-hybridized carbons (Fsp3) is 0.263. The highest BCUT2D eigenvalue weighted by molar-refractivity contribution is 9.10. The van der Waals surface area contributed by atoms with Gasteiger partial charge in [0.15, 0.2) is 18.1 Å². The zero-order valence-corrected chi connectivity index (χ0v) is 16.4. The van der Waals surface area contributed by atoms with Gasteiger partial charge in [0.05, 0.1) is 26.5 Å². The van der Waals surface area contributed by atoms with E-state index in [9.17, 15) is 4.79 Å². The minimum Gasteiger partial charge on any atom is -0.497 e. The van der Waals surface area contributed by atoms with Crippen LogP contribution in [0.2, 0.25) is 0 Å². The summed E-state index contributed by atoms with van der Waals surface area (Å²) < 4.78 is 21.8. The van der Waals surface area contributed by atoms with Gasteiger partial charge in [0.25, 0.3) is 0 Å². The number of carbonyl (C=O) groups is 1. The predicted octanol–water partition coefficient (Wildman–Crippen LogP) is 4.16. The molecule has 0 atom stereocenters. The Morgan fingerprint density at radius 1 is 1.15 bits per heavy atom. The number of benzene rings is 2. The van der Waals surface area contributed by atoms with Crippen molar-refractivity contribution >= 4 is 33.8 Å². The number of hydrogen-bond donors (Lipinski definition) is 0. The largest absolute Gasteiger partial charge is 0.497 e. The lowest BCUT2D eigenvalue weighted by molar-refractivity contribution is -0.145. The summed E-state index contributed by atoms with van der Waals surface area (Å²) in [7, 11) is 3.14. The summed E-state index contributed by atoms with van der Waals surface area (Å²) in [5.74, 6) is 1.21. The third-order valence-electron chi connectivity index (χ3n) is 3.33. The molecule has 0 aliphatic carbocycles. The molecule has 2 aromatic carbocycles. The highest BCUT2D eigenvalue weighted by Crippen LogP contribution is 2.34. The molecule has 0 bridgehead atoms. The Kier molecular flexibility index (Phi) is 7.47. The molecule has 0 saturated heterocycles. The molecular formula is C19H20BrNO5. The molecule has 0 radical (unpaired) electrons. The third kappa shape index (κ3) is 5.49. The van der Waals surface area contributed by atoms with Gasteiger partial charge in [0, 0.05) is 16.3 Å². The average Bonchev–Trinajstić information content (AvgIpc) is 2.65. The molecule has 6 nitrogen and oxygen atoms in total. The maximum absolute atomic E-state index is 11.6. The highest BCUT2D eigenvalue weighted by atomic mass is 79.9. The van der Waals surface area contributed by atoms with Gasteiger partial charge in [-0.05, 0) is 43.3 Å². The van der Waals surface area contributed by atoms with Gasteiger partial charge in [0.2, 0.25) is 0 Å². The summed E-state index contributed by atoms with van der Waals surface area (Å²) >= 11 is 3.43. The molecule has 0 unspecified atom stereocenters. The Hall–Kier alpha value is -2.54. The molecule has 138 valence electrons. The van der Waals surface area contributed by atoms with Gasteiger partial charge >= 0.3 is 5.97 Å². The first-order chi connectivity index (χ1) is 12.6. The van der Waals surface area contributed by atoms with Gasteiger partial charge in [0.1, 0.15) is 5.75 Å². The molecule has 0 heterocycles. The normalized spacial score (nSPS) is 10.6. The van der Waals surface area contributed by atoms with E-state index in [0.717, 1.165) is 15.9 Å². The zero-order chi connectivity index (χ0) is 18.9. The minimum absolute atomic E-state index is 0.213. The van der Waals surface area contributed by atoms with Crippen LogP contribution in [0.25, 0.3) is 0 Å². The molecule has 0 fully saturated rings. The standard InChI is InChI=1S/C19H20BrNO5/c1-4-25-18(22)12-26-19-13(9-14(20)10-17(19)24-3)11-21-15-5-7-16(23-2)8-6-15/h5-11H,4,12H2,1-3H3/b21-11-. The van der Waals surface area contributed by atoms with E-state index in [2.05, 4.69) is 20.9 Å². The quantitative estimate of drug-likeness (QED) is 0.472. The second-order valence-electron chi connectivity index (χ2n) is 5.08. The molecule has 7 heteroatoms. The van der Waals surface area contributed by atoms with Crippen molar-refractivity contribution in [2.45, 2.75) is 6.92 Å². The van der Waals surface area contributed by atoms with E-state index in [1.54, 1.807) is 26.3 Å². The summed E-state index contributed by atoms with van der Waals surface area (Å²) in [5, 5.41) is 0. The van der Waals surface area contributed by atoms with Gasteiger partial charge in [-0.15, -0.1) is 0 Å². The van der Waals surface area contributed by atoms with E-state index in [1.807, 2.05) is 30.3 Å². The second kappa shape index (κ2) is 9.82. The van der Waals surface area contributed by atoms with Crippen LogP contribution >= 0.6 is 15.9 Å². The first-order valence-corrected chi connectivity index (χ1v) is 8.70. The summed E-state index contributed by atoms with van der Waals surface area (Å²) in [4.78, 5) is 16.0. The van der Waals surface area contributed by atoms with Crippen LogP contribution in [-0.4, -0.2) is 39.6 Å². The third-order valence-corrected chi connectivity index (χ3v) is 3.79. The van der Waals surface area contributed by atoms with E-state index in [4.69, 9.17) is 18.9 Å². The van der Waals surface area contributed by atoms with Gasteiger partial charge < -0.3 is 18.9 Å². The maximum atomic E-state index is 11.6. The van der Waals surface area contributed by atoms with Crippen LogP contribution in [0.15, 0.2) is 45.9 Å². The topological polar surface area (TPSA) is 66.4 Å². The second-order valence-corrected chi connectivity index (χ2v) is 5.99. The summed E-state index contributed by atoms with van der Waals surface area (Å²) in [6, 6.07) is 10.9. The molecule has 0 spiro atoms. The van der Waals surface area contributed by atoms with Crippen LogP contribution in [0, 0.1) is 0 Å². The van der Waals surface area contributed by atoms with E-state index in [0.29, 0.717) is 23.7 Å². The lowest BCUT2D eigenvalue weighted by atomic mass is 10.2. The van der Waals surface area contributed by atoms with Gasteiger partial charge in [-0.25, -0.2) is 4.79 Å². The van der Waals surface area contributed by atoms with E-state index < -0.39 is 5.97 Å². The first kappa shape index (κ1) is 19.8. The summed E-state index contributed by atoms with van der Waals surface area (Å²) in [6.45, 7) is 1.83. The summed E-state index contributed by atoms with van der Waals surface area (Å²) in [6.07, 6.45) is 1.65. The molecule has 0 aliphatic heterocycles. The number of methoxy groups -OCH3 is 2. The van der Waals surface area contributed by atoms with Crippen LogP contribution in [0.4, 0.5) is 5.69 Å². The number of rotatable bonds is 8. The van der Waals surface area contributed by atoms with Crippen molar-refractivity contribution in [3.63, 3.8) is 0 Å². The Labute approximate surface area is 160 Å². The summed E-state index contributed by atoms with van der Waals surface area (Å²) in [5.41, 5.74) is 1.41. The Balaban J connectivity index is 2.28. The first-order valence-electron chi connectivity index (χ1n) is 7.91. The number of halogens is 1. The molecule has 0 amide bonds. The number of carbonyl (C=O) groups excluding carboxylic acids is 1. The minimum atomic E-state index is -0.449. The van der Waals surface area contributed by atoms with Crippen molar-refractivity contribution in [2.24, 2.45) is 4.99 Å². The van der Waals surface area contributed by atoms with E-state index in [-0.39, 0.29) is 6.61 Å². The van der Waals surface area contributed by atoms with Crippen molar-refractivity contribution in [2.75, 3.05) is 27.4 Å². The van der Waals surface area contributed by atoms with E-state index >= 15 is 0 Å². The SMILES string of the molecule is CCOC(=O)COc1c(/C=N\c2ccc(OC)cc2)cc(Br)cc1OC. The van der Waals surface area contributed by atoms with Crippen molar-refractivity contribution in [1.82, 2.24) is 0 Å². The monoisotopic (exact) mass is 421 g/mol. The van der Waals surface area contributed by atoms with Crippen LogP contribution in [0.5, 0.6) is 17.2 Å². The lowest BCUT2D eigenvalue weighted by Gasteiger charge is -2.13. The molecular weight excluding hydrogens is 402 g/mol. The Morgan fingerprint density at radius 3 is 2.50 bits per heavy atom. The Bertz CT molecular complexity index is 774. The zero-order valence-electron chi connectivity index (χ0n) is 14.8. The van der Waals surface area contributed by atoms with Crippen molar-refractivity contribution < 1.29 is 23.7 Å².